The predicted molar refractivity (Wildman–Crippen MR) is 105 cm³/mol. The van der Waals surface area contributed by atoms with Gasteiger partial charge in [0.2, 0.25) is 0 Å². The van der Waals surface area contributed by atoms with Crippen LogP contribution in [0.5, 0.6) is 0 Å². The maximum atomic E-state index is 13.9. The van der Waals surface area contributed by atoms with Crippen LogP contribution >= 0.6 is 27.5 Å². The average molecular weight is 432 g/mol. The molecule has 2 heterocycles. The van der Waals surface area contributed by atoms with Gasteiger partial charge in [0.15, 0.2) is 5.65 Å². The minimum absolute atomic E-state index is 0.248. The highest BCUT2D eigenvalue weighted by Crippen LogP contribution is 2.27. The number of fused-ring (bicyclic) bond motifs is 1. The predicted octanol–water partition coefficient (Wildman–Crippen LogP) is 5.56. The number of nitrogens with zero attached hydrogens (tertiary/aromatic N) is 3. The van der Waals surface area contributed by atoms with Gasteiger partial charge in [-0.3, -0.25) is 0 Å². The number of anilines is 1. The number of rotatable bonds is 4. The van der Waals surface area contributed by atoms with E-state index in [0.717, 1.165) is 15.7 Å². The SMILES string of the molecule is Fc1ccccc1CNc1cc(-c2cccc(Cl)c2)nc2c(Br)cnn12. The van der Waals surface area contributed by atoms with Crippen LogP contribution in [0.1, 0.15) is 5.56 Å². The summed E-state index contributed by atoms with van der Waals surface area (Å²) in [6.45, 7) is 0.332. The van der Waals surface area contributed by atoms with Gasteiger partial charge in [-0.05, 0) is 34.1 Å². The fraction of sp³-hybridized carbons (Fsp3) is 0.0526. The molecule has 7 heteroatoms. The molecule has 0 saturated carbocycles. The first kappa shape index (κ1) is 17.0. The monoisotopic (exact) mass is 430 g/mol. The third-order valence-electron chi connectivity index (χ3n) is 3.97. The zero-order chi connectivity index (χ0) is 18.1. The topological polar surface area (TPSA) is 42.2 Å². The van der Waals surface area contributed by atoms with Crippen molar-refractivity contribution >= 4 is 39.0 Å². The molecule has 130 valence electrons. The van der Waals surface area contributed by atoms with Crippen LogP contribution in [0.2, 0.25) is 5.02 Å². The lowest BCUT2D eigenvalue weighted by Crippen LogP contribution is -2.07. The maximum absolute atomic E-state index is 13.9. The van der Waals surface area contributed by atoms with E-state index in [1.807, 2.05) is 36.4 Å². The van der Waals surface area contributed by atoms with Gasteiger partial charge in [0.05, 0.1) is 16.4 Å². The van der Waals surface area contributed by atoms with E-state index in [4.69, 9.17) is 11.6 Å². The van der Waals surface area contributed by atoms with E-state index in [1.54, 1.807) is 22.8 Å². The molecule has 4 nitrogen and oxygen atoms in total. The van der Waals surface area contributed by atoms with E-state index in [-0.39, 0.29) is 5.82 Å². The molecule has 0 fully saturated rings. The first-order valence-electron chi connectivity index (χ1n) is 7.89. The Hall–Kier alpha value is -2.44. The molecule has 0 aliphatic heterocycles. The largest absolute Gasteiger partial charge is 0.366 e. The summed E-state index contributed by atoms with van der Waals surface area (Å²) in [5.41, 5.74) is 2.88. The zero-order valence-electron chi connectivity index (χ0n) is 13.5. The van der Waals surface area contributed by atoms with E-state index < -0.39 is 0 Å². The van der Waals surface area contributed by atoms with Crippen molar-refractivity contribution in [2.24, 2.45) is 0 Å². The molecular formula is C19H13BrClFN4. The Balaban J connectivity index is 1.77. The van der Waals surface area contributed by atoms with Gasteiger partial charge >= 0.3 is 0 Å². The lowest BCUT2D eigenvalue weighted by Gasteiger charge is -2.11. The molecule has 1 N–H and O–H groups in total. The molecule has 0 unspecified atom stereocenters. The van der Waals surface area contributed by atoms with Crippen LogP contribution in [-0.2, 0) is 6.54 Å². The Morgan fingerprint density at radius 1 is 1.12 bits per heavy atom. The number of nitrogens with one attached hydrogen (secondary N) is 1. The highest BCUT2D eigenvalue weighted by Gasteiger charge is 2.12. The first-order valence-corrected chi connectivity index (χ1v) is 9.06. The molecule has 4 rings (SSSR count). The van der Waals surface area contributed by atoms with Gasteiger partial charge in [-0.1, -0.05) is 41.9 Å². The summed E-state index contributed by atoms with van der Waals surface area (Å²) in [6, 6.07) is 16.0. The highest BCUT2D eigenvalue weighted by atomic mass is 79.9. The summed E-state index contributed by atoms with van der Waals surface area (Å²) in [7, 11) is 0. The van der Waals surface area contributed by atoms with Gasteiger partial charge < -0.3 is 5.32 Å². The minimum atomic E-state index is -0.248. The van der Waals surface area contributed by atoms with E-state index in [9.17, 15) is 4.39 Å². The summed E-state index contributed by atoms with van der Waals surface area (Å²) >= 11 is 9.58. The van der Waals surface area contributed by atoms with Crippen molar-refractivity contribution in [1.29, 1.82) is 0 Å². The lowest BCUT2D eigenvalue weighted by atomic mass is 10.1. The summed E-state index contributed by atoms with van der Waals surface area (Å²) in [4.78, 5) is 4.66. The standard InChI is InChI=1S/C19H13BrClFN4/c20-15-11-24-26-18(23-10-13-4-1-2-7-16(13)22)9-17(25-19(15)26)12-5-3-6-14(21)8-12/h1-9,11,23H,10H2. The second-order valence-electron chi connectivity index (χ2n) is 5.71. The summed E-state index contributed by atoms with van der Waals surface area (Å²) in [5, 5.41) is 8.22. The number of benzene rings is 2. The van der Waals surface area contributed by atoms with Crippen molar-refractivity contribution in [2.75, 3.05) is 5.32 Å². The third kappa shape index (κ3) is 3.30. The van der Waals surface area contributed by atoms with Crippen molar-refractivity contribution in [2.45, 2.75) is 6.54 Å². The van der Waals surface area contributed by atoms with Crippen molar-refractivity contribution < 1.29 is 4.39 Å². The molecule has 0 amide bonds. The van der Waals surface area contributed by atoms with Crippen molar-refractivity contribution in [3.63, 3.8) is 0 Å². The van der Waals surface area contributed by atoms with Crippen molar-refractivity contribution in [1.82, 2.24) is 14.6 Å². The van der Waals surface area contributed by atoms with Crippen LogP contribution in [0.3, 0.4) is 0 Å². The number of hydrogen-bond acceptors (Lipinski definition) is 3. The third-order valence-corrected chi connectivity index (χ3v) is 4.76. The second-order valence-corrected chi connectivity index (χ2v) is 7.00. The zero-order valence-corrected chi connectivity index (χ0v) is 15.8. The van der Waals surface area contributed by atoms with E-state index in [0.29, 0.717) is 28.6 Å². The van der Waals surface area contributed by atoms with E-state index >= 15 is 0 Å². The van der Waals surface area contributed by atoms with Crippen LogP contribution in [0.4, 0.5) is 10.2 Å². The molecule has 0 aliphatic rings. The van der Waals surface area contributed by atoms with Gasteiger partial charge in [-0.2, -0.15) is 9.61 Å². The number of aromatic nitrogens is 3. The van der Waals surface area contributed by atoms with Crippen molar-refractivity contribution in [3.8, 4) is 11.3 Å². The highest BCUT2D eigenvalue weighted by molar-refractivity contribution is 9.10. The van der Waals surface area contributed by atoms with E-state index in [1.165, 1.54) is 6.07 Å². The molecular weight excluding hydrogens is 419 g/mol. The van der Waals surface area contributed by atoms with Crippen LogP contribution in [0, 0.1) is 5.82 Å². The molecule has 0 aliphatic carbocycles. The fourth-order valence-electron chi connectivity index (χ4n) is 2.69. The molecule has 0 saturated heterocycles. The summed E-state index contributed by atoms with van der Waals surface area (Å²) in [6.07, 6.45) is 1.68. The lowest BCUT2D eigenvalue weighted by molar-refractivity contribution is 0.612. The molecule has 26 heavy (non-hydrogen) atoms. The fourth-order valence-corrected chi connectivity index (χ4v) is 3.22. The molecule has 0 atom stereocenters. The number of hydrogen-bond donors (Lipinski definition) is 1. The molecule has 4 aromatic rings. The van der Waals surface area contributed by atoms with Crippen LogP contribution in [0.25, 0.3) is 16.9 Å². The molecule has 2 aromatic heterocycles. The van der Waals surface area contributed by atoms with Gasteiger partial charge in [0.1, 0.15) is 11.6 Å². The number of halogens is 3. The van der Waals surface area contributed by atoms with Gasteiger partial charge in [0, 0.05) is 28.8 Å². The van der Waals surface area contributed by atoms with Crippen LogP contribution in [0.15, 0.2) is 65.3 Å². The summed E-state index contributed by atoms with van der Waals surface area (Å²) in [5.74, 6) is 0.459. The second kappa shape index (κ2) is 7.05. The molecule has 0 bridgehead atoms. The molecule has 2 aromatic carbocycles. The average Bonchev–Trinajstić information content (AvgIpc) is 3.02. The smallest absolute Gasteiger partial charge is 0.172 e. The molecule has 0 radical (unpaired) electrons. The Kier molecular flexibility index (Phi) is 4.61. The Labute approximate surface area is 162 Å². The Bertz CT molecular complexity index is 1100. The normalized spacial score (nSPS) is 11.0. The maximum Gasteiger partial charge on any atom is 0.172 e. The van der Waals surface area contributed by atoms with Crippen molar-refractivity contribution in [3.05, 3.63) is 81.7 Å². The van der Waals surface area contributed by atoms with Crippen LogP contribution in [-0.4, -0.2) is 14.6 Å². The summed E-state index contributed by atoms with van der Waals surface area (Å²) < 4.78 is 16.4. The van der Waals surface area contributed by atoms with E-state index in [2.05, 4.69) is 31.3 Å². The van der Waals surface area contributed by atoms with Gasteiger partial charge in [-0.25, -0.2) is 9.37 Å². The van der Waals surface area contributed by atoms with Gasteiger partial charge in [-0.15, -0.1) is 0 Å². The quantitative estimate of drug-likeness (QED) is 0.460. The Morgan fingerprint density at radius 3 is 2.77 bits per heavy atom. The first-order chi connectivity index (χ1) is 12.6. The van der Waals surface area contributed by atoms with Crippen LogP contribution < -0.4 is 5.32 Å². The Morgan fingerprint density at radius 2 is 1.96 bits per heavy atom. The molecule has 0 spiro atoms. The van der Waals surface area contributed by atoms with Gasteiger partial charge in [0.25, 0.3) is 0 Å². The minimum Gasteiger partial charge on any atom is -0.366 e.